The summed E-state index contributed by atoms with van der Waals surface area (Å²) in [5.41, 5.74) is -0.563. The smallest absolute Gasteiger partial charge is 0.407 e. The van der Waals surface area contributed by atoms with Crippen LogP contribution in [-0.2, 0) is 9.53 Å². The maximum Gasteiger partial charge on any atom is 0.407 e. The van der Waals surface area contributed by atoms with E-state index in [1.54, 1.807) is 20.8 Å². The third-order valence-electron chi connectivity index (χ3n) is 4.65. The van der Waals surface area contributed by atoms with Crippen LogP contribution in [-0.4, -0.2) is 28.8 Å². The van der Waals surface area contributed by atoms with Gasteiger partial charge in [0.05, 0.1) is 5.92 Å². The second kappa shape index (κ2) is 6.24. The summed E-state index contributed by atoms with van der Waals surface area (Å²) in [6, 6.07) is -0.277. The molecule has 0 aromatic heterocycles. The van der Waals surface area contributed by atoms with Crippen LogP contribution in [0, 0.1) is 17.8 Å². The fraction of sp³-hybridized carbons (Fsp3) is 0.875. The van der Waals surface area contributed by atoms with Crippen LogP contribution in [0.5, 0.6) is 0 Å². The number of fused-ring (bicyclic) bond motifs is 1. The number of hydrogen-bond acceptors (Lipinski definition) is 3. The average molecular weight is 297 g/mol. The molecule has 2 N–H and O–H groups in total. The van der Waals surface area contributed by atoms with Crippen LogP contribution < -0.4 is 5.32 Å². The number of carbonyl (C=O) groups excluding carboxylic acids is 1. The second-order valence-corrected chi connectivity index (χ2v) is 7.36. The molecule has 0 spiro atoms. The maximum atomic E-state index is 11.9. The van der Waals surface area contributed by atoms with Gasteiger partial charge in [-0.1, -0.05) is 25.7 Å². The minimum absolute atomic E-state index is 0.211. The van der Waals surface area contributed by atoms with E-state index in [0.717, 1.165) is 25.7 Å². The van der Waals surface area contributed by atoms with Crippen molar-refractivity contribution < 1.29 is 19.4 Å². The minimum atomic E-state index is -0.794. The fourth-order valence-electron chi connectivity index (χ4n) is 3.80. The molecule has 0 heterocycles. The Kier molecular flexibility index (Phi) is 4.79. The van der Waals surface area contributed by atoms with Gasteiger partial charge in [-0.2, -0.15) is 0 Å². The van der Waals surface area contributed by atoms with E-state index < -0.39 is 23.6 Å². The van der Waals surface area contributed by atoms with Crippen molar-refractivity contribution in [1.29, 1.82) is 0 Å². The molecule has 1 amide bonds. The molecule has 120 valence electrons. The number of carbonyl (C=O) groups is 2. The molecule has 21 heavy (non-hydrogen) atoms. The number of ether oxygens (including phenoxy) is 1. The van der Waals surface area contributed by atoms with Crippen LogP contribution >= 0.6 is 0 Å². The van der Waals surface area contributed by atoms with Gasteiger partial charge in [0, 0.05) is 6.04 Å². The van der Waals surface area contributed by atoms with Crippen LogP contribution in [0.4, 0.5) is 4.79 Å². The second-order valence-electron chi connectivity index (χ2n) is 7.36. The first-order valence-electron chi connectivity index (χ1n) is 8.02. The lowest BCUT2D eigenvalue weighted by Gasteiger charge is -2.51. The van der Waals surface area contributed by atoms with E-state index >= 15 is 0 Å². The highest BCUT2D eigenvalue weighted by Crippen LogP contribution is 2.48. The van der Waals surface area contributed by atoms with Gasteiger partial charge in [0.15, 0.2) is 0 Å². The summed E-state index contributed by atoms with van der Waals surface area (Å²) in [4.78, 5) is 23.5. The topological polar surface area (TPSA) is 75.6 Å². The molecular weight excluding hydrogens is 270 g/mol. The van der Waals surface area contributed by atoms with Crippen molar-refractivity contribution >= 4 is 12.1 Å². The summed E-state index contributed by atoms with van der Waals surface area (Å²) in [5.74, 6) is -0.750. The monoisotopic (exact) mass is 297 g/mol. The van der Waals surface area contributed by atoms with Gasteiger partial charge < -0.3 is 15.2 Å². The number of amides is 1. The quantitative estimate of drug-likeness (QED) is 0.820. The van der Waals surface area contributed by atoms with Crippen molar-refractivity contribution in [3.63, 3.8) is 0 Å². The summed E-state index contributed by atoms with van der Waals surface area (Å²) < 4.78 is 5.26. The van der Waals surface area contributed by atoms with E-state index in [9.17, 15) is 14.7 Å². The summed E-state index contributed by atoms with van der Waals surface area (Å²) in [5, 5.41) is 12.3. The van der Waals surface area contributed by atoms with E-state index in [-0.39, 0.29) is 12.0 Å². The van der Waals surface area contributed by atoms with Crippen molar-refractivity contribution in [3.8, 4) is 0 Å². The van der Waals surface area contributed by atoms with Gasteiger partial charge in [-0.15, -0.1) is 0 Å². The number of carboxylic acids is 1. The van der Waals surface area contributed by atoms with Crippen molar-refractivity contribution in [2.45, 2.75) is 70.9 Å². The normalized spacial score (nSPS) is 32.9. The van der Waals surface area contributed by atoms with Crippen LogP contribution in [0.3, 0.4) is 0 Å². The molecule has 0 aliphatic heterocycles. The van der Waals surface area contributed by atoms with Crippen LogP contribution in [0.15, 0.2) is 0 Å². The third kappa shape index (κ3) is 3.89. The number of nitrogens with one attached hydrogen (secondary N) is 1. The number of hydrogen-bond donors (Lipinski definition) is 2. The molecule has 2 fully saturated rings. The molecular formula is C16H27NO4. The Morgan fingerprint density at radius 2 is 1.62 bits per heavy atom. The lowest BCUT2D eigenvalue weighted by molar-refractivity contribution is -0.155. The first-order chi connectivity index (χ1) is 9.79. The maximum absolute atomic E-state index is 11.9. The Morgan fingerprint density at radius 1 is 1.05 bits per heavy atom. The molecule has 0 saturated heterocycles. The Balaban J connectivity index is 2.01. The fourth-order valence-corrected chi connectivity index (χ4v) is 3.80. The summed E-state index contributed by atoms with van der Waals surface area (Å²) in [7, 11) is 0. The van der Waals surface area contributed by atoms with E-state index in [1.165, 1.54) is 12.8 Å². The molecule has 2 saturated carbocycles. The summed E-state index contributed by atoms with van der Waals surface area (Å²) >= 11 is 0. The van der Waals surface area contributed by atoms with E-state index in [0.29, 0.717) is 5.92 Å². The van der Waals surface area contributed by atoms with Crippen LogP contribution in [0.2, 0.25) is 0 Å². The van der Waals surface area contributed by atoms with E-state index in [4.69, 9.17) is 4.74 Å². The van der Waals surface area contributed by atoms with Crippen molar-refractivity contribution in [2.75, 3.05) is 0 Å². The first kappa shape index (κ1) is 16.1. The van der Waals surface area contributed by atoms with Gasteiger partial charge in [-0.25, -0.2) is 4.79 Å². The molecule has 2 aliphatic rings. The van der Waals surface area contributed by atoms with Gasteiger partial charge in [-0.05, 0) is 45.4 Å². The number of alkyl carbamates (subject to hydrolysis) is 1. The lowest BCUT2D eigenvalue weighted by atomic mass is 9.56. The lowest BCUT2D eigenvalue weighted by Crippen LogP contribution is -2.63. The zero-order chi connectivity index (χ0) is 15.6. The molecule has 5 heteroatoms. The highest BCUT2D eigenvalue weighted by molar-refractivity contribution is 5.75. The largest absolute Gasteiger partial charge is 0.481 e. The summed E-state index contributed by atoms with van der Waals surface area (Å²) in [6.45, 7) is 5.42. The molecule has 2 rings (SSSR count). The predicted octanol–water partition coefficient (Wildman–Crippen LogP) is 3.18. The molecule has 0 aromatic rings. The molecule has 4 atom stereocenters. The first-order valence-corrected chi connectivity index (χ1v) is 8.02. The average Bonchev–Trinajstić information content (AvgIpc) is 2.28. The molecule has 0 bridgehead atoms. The van der Waals surface area contributed by atoms with Gasteiger partial charge in [0.25, 0.3) is 0 Å². The zero-order valence-corrected chi connectivity index (χ0v) is 13.2. The van der Waals surface area contributed by atoms with E-state index in [1.807, 2.05) is 0 Å². The Hall–Kier alpha value is -1.26. The van der Waals surface area contributed by atoms with Crippen LogP contribution in [0.25, 0.3) is 0 Å². The van der Waals surface area contributed by atoms with Gasteiger partial charge in [0.2, 0.25) is 0 Å². The number of rotatable bonds is 2. The van der Waals surface area contributed by atoms with Gasteiger partial charge >= 0.3 is 12.1 Å². The standard InChI is InChI=1S/C16H27NO4/c1-16(2,3)21-15(20)17-13-11-9-7-5-4-6-8-10(11)12(13)14(18)19/h10-13H,4-9H2,1-3H3,(H,17,20)(H,18,19)/t10-,11+,12-,13-/m0/s1. The van der Waals surface area contributed by atoms with Gasteiger partial charge in [0.1, 0.15) is 5.60 Å². The minimum Gasteiger partial charge on any atom is -0.481 e. The zero-order valence-electron chi connectivity index (χ0n) is 13.2. The Labute approximate surface area is 126 Å². The number of aliphatic carboxylic acids is 1. The Bertz CT molecular complexity index is 402. The van der Waals surface area contributed by atoms with E-state index in [2.05, 4.69) is 5.32 Å². The highest BCUT2D eigenvalue weighted by atomic mass is 16.6. The van der Waals surface area contributed by atoms with Crippen molar-refractivity contribution in [2.24, 2.45) is 17.8 Å². The predicted molar refractivity (Wildman–Crippen MR) is 79.0 cm³/mol. The van der Waals surface area contributed by atoms with Gasteiger partial charge in [-0.3, -0.25) is 4.79 Å². The molecule has 0 radical (unpaired) electrons. The Morgan fingerprint density at radius 3 is 2.14 bits per heavy atom. The molecule has 2 aliphatic carbocycles. The molecule has 5 nitrogen and oxygen atoms in total. The van der Waals surface area contributed by atoms with Crippen molar-refractivity contribution in [1.82, 2.24) is 5.32 Å². The summed E-state index contributed by atoms with van der Waals surface area (Å²) in [6.07, 6.45) is 6.10. The van der Waals surface area contributed by atoms with Crippen LogP contribution in [0.1, 0.15) is 59.3 Å². The highest BCUT2D eigenvalue weighted by Gasteiger charge is 2.54. The third-order valence-corrected chi connectivity index (χ3v) is 4.65. The SMILES string of the molecule is CC(C)(C)OC(=O)N[C@H]1[C@@H]2CCCCCC[C@@H]2[C@@H]1C(=O)O. The number of carboxylic acid groups (broad SMARTS) is 1. The van der Waals surface area contributed by atoms with Crippen molar-refractivity contribution in [3.05, 3.63) is 0 Å². The molecule has 0 aromatic carbocycles. The molecule has 0 unspecified atom stereocenters.